The van der Waals surface area contributed by atoms with Gasteiger partial charge in [-0.2, -0.15) is 5.26 Å². The van der Waals surface area contributed by atoms with E-state index in [0.717, 1.165) is 22.9 Å². The molecule has 3 heteroatoms. The number of hydrogen-bond acceptors (Lipinski definition) is 2. The third kappa shape index (κ3) is 2.42. The minimum atomic E-state index is -0.790. The zero-order chi connectivity index (χ0) is 12.3. The molecule has 1 aliphatic rings. The van der Waals surface area contributed by atoms with Crippen molar-refractivity contribution in [1.29, 1.82) is 5.26 Å². The van der Waals surface area contributed by atoms with Crippen molar-refractivity contribution < 1.29 is 4.79 Å². The van der Waals surface area contributed by atoms with Gasteiger partial charge in [-0.1, -0.05) is 40.5 Å². The van der Waals surface area contributed by atoms with Gasteiger partial charge >= 0.3 is 0 Å². The normalized spacial score (nSPS) is 24.4. The molecule has 1 aromatic carbocycles. The van der Waals surface area contributed by atoms with E-state index in [9.17, 15) is 10.1 Å². The molecule has 1 atom stereocenters. The maximum atomic E-state index is 12.0. The summed E-state index contributed by atoms with van der Waals surface area (Å²) in [5.74, 6) is 0.113. The summed E-state index contributed by atoms with van der Waals surface area (Å²) in [6.07, 6.45) is 3.69. The van der Waals surface area contributed by atoms with E-state index in [0.29, 0.717) is 19.3 Å². The number of carbonyl (C=O) groups excluding carboxylic acids is 1. The van der Waals surface area contributed by atoms with Crippen molar-refractivity contribution >= 4 is 21.7 Å². The van der Waals surface area contributed by atoms with Gasteiger partial charge in [-0.05, 0) is 30.9 Å². The Morgan fingerprint density at radius 3 is 2.76 bits per heavy atom. The molecule has 1 aliphatic carbocycles. The van der Waals surface area contributed by atoms with Crippen LogP contribution >= 0.6 is 15.9 Å². The van der Waals surface area contributed by atoms with Crippen LogP contribution in [0.4, 0.5) is 0 Å². The minimum Gasteiger partial charge on any atom is -0.298 e. The summed E-state index contributed by atoms with van der Waals surface area (Å²) >= 11 is 3.48. The monoisotopic (exact) mass is 291 g/mol. The van der Waals surface area contributed by atoms with Crippen LogP contribution in [0.25, 0.3) is 0 Å². The number of halogens is 1. The van der Waals surface area contributed by atoms with Crippen LogP contribution in [0.15, 0.2) is 28.7 Å². The average molecular weight is 292 g/mol. The molecule has 0 amide bonds. The first-order valence-corrected chi connectivity index (χ1v) is 6.65. The summed E-state index contributed by atoms with van der Waals surface area (Å²) in [5.41, 5.74) is 0.256. The van der Waals surface area contributed by atoms with Crippen LogP contribution in [-0.4, -0.2) is 5.78 Å². The molecule has 17 heavy (non-hydrogen) atoms. The number of carbonyl (C=O) groups is 1. The highest BCUT2D eigenvalue weighted by Gasteiger charge is 2.40. The van der Waals surface area contributed by atoms with Gasteiger partial charge in [0, 0.05) is 10.9 Å². The summed E-state index contributed by atoms with van der Waals surface area (Å²) in [4.78, 5) is 12.0. The largest absolute Gasteiger partial charge is 0.298 e. The van der Waals surface area contributed by atoms with Crippen molar-refractivity contribution in [1.82, 2.24) is 0 Å². The zero-order valence-corrected chi connectivity index (χ0v) is 11.2. The highest BCUT2D eigenvalue weighted by atomic mass is 79.9. The van der Waals surface area contributed by atoms with Gasteiger partial charge in [0.15, 0.2) is 5.78 Å². The van der Waals surface area contributed by atoms with Crippen LogP contribution < -0.4 is 0 Å². The summed E-state index contributed by atoms with van der Waals surface area (Å²) in [7, 11) is 0. The molecule has 2 nitrogen and oxygen atoms in total. The molecule has 0 aliphatic heterocycles. The Morgan fingerprint density at radius 2 is 2.12 bits per heavy atom. The fourth-order valence-electron chi connectivity index (χ4n) is 2.40. The van der Waals surface area contributed by atoms with Gasteiger partial charge in [-0.15, -0.1) is 0 Å². The maximum absolute atomic E-state index is 12.0. The highest BCUT2D eigenvalue weighted by molar-refractivity contribution is 9.10. The first kappa shape index (κ1) is 12.3. The Balaban J connectivity index is 2.29. The smallest absolute Gasteiger partial charge is 0.153 e. The second kappa shape index (κ2) is 5.01. The molecule has 0 saturated heterocycles. The van der Waals surface area contributed by atoms with Gasteiger partial charge in [-0.3, -0.25) is 4.79 Å². The number of hydrogen-bond donors (Lipinski definition) is 0. The lowest BCUT2D eigenvalue weighted by Gasteiger charge is -2.29. The van der Waals surface area contributed by atoms with Crippen LogP contribution in [0.3, 0.4) is 0 Å². The van der Waals surface area contributed by atoms with E-state index in [-0.39, 0.29) is 5.78 Å². The molecule has 0 aromatic heterocycles. The lowest BCUT2D eigenvalue weighted by atomic mass is 9.70. The number of nitrogens with zero attached hydrogens (tertiary/aromatic N) is 1. The number of nitriles is 1. The SMILES string of the molecule is N#CC1(Cc2ccccc2Br)CCCCC1=O. The molecule has 0 radical (unpaired) electrons. The van der Waals surface area contributed by atoms with Gasteiger partial charge in [0.2, 0.25) is 0 Å². The average Bonchev–Trinajstić information content (AvgIpc) is 2.35. The quantitative estimate of drug-likeness (QED) is 0.835. The summed E-state index contributed by atoms with van der Waals surface area (Å²) < 4.78 is 0.980. The van der Waals surface area contributed by atoms with Gasteiger partial charge in [-0.25, -0.2) is 0 Å². The standard InChI is InChI=1S/C14H14BrNO/c15-12-6-2-1-5-11(12)9-14(10-16)8-4-3-7-13(14)17/h1-2,5-6H,3-4,7-9H2. The van der Waals surface area contributed by atoms with Crippen LogP contribution in [-0.2, 0) is 11.2 Å². The Kier molecular flexibility index (Phi) is 3.63. The summed E-state index contributed by atoms with van der Waals surface area (Å²) in [6, 6.07) is 10.1. The fraction of sp³-hybridized carbons (Fsp3) is 0.429. The number of ketones is 1. The Bertz CT molecular complexity index is 477. The van der Waals surface area contributed by atoms with E-state index in [1.807, 2.05) is 24.3 Å². The van der Waals surface area contributed by atoms with Crippen molar-refractivity contribution in [2.75, 3.05) is 0 Å². The zero-order valence-electron chi connectivity index (χ0n) is 9.58. The van der Waals surface area contributed by atoms with Gasteiger partial charge < -0.3 is 0 Å². The molecular weight excluding hydrogens is 278 g/mol. The number of Topliss-reactive ketones (excluding diaryl/α,β-unsaturated/α-hetero) is 1. The molecular formula is C14H14BrNO. The van der Waals surface area contributed by atoms with Crippen molar-refractivity contribution in [3.05, 3.63) is 34.3 Å². The predicted molar refractivity (Wildman–Crippen MR) is 69.4 cm³/mol. The van der Waals surface area contributed by atoms with Gasteiger partial charge in [0.05, 0.1) is 6.07 Å². The van der Waals surface area contributed by atoms with Gasteiger partial charge in [0.1, 0.15) is 5.41 Å². The van der Waals surface area contributed by atoms with E-state index >= 15 is 0 Å². The Hall–Kier alpha value is -1.14. The Labute approximate surface area is 110 Å². The van der Waals surface area contributed by atoms with E-state index in [4.69, 9.17) is 0 Å². The molecule has 1 fully saturated rings. The molecule has 1 aromatic rings. The molecule has 0 heterocycles. The molecule has 0 bridgehead atoms. The van der Waals surface area contributed by atoms with E-state index in [1.165, 1.54) is 0 Å². The lowest BCUT2D eigenvalue weighted by molar-refractivity contribution is -0.128. The second-order valence-electron chi connectivity index (χ2n) is 4.59. The third-order valence-electron chi connectivity index (χ3n) is 3.46. The molecule has 1 unspecified atom stereocenters. The molecule has 1 saturated carbocycles. The van der Waals surface area contributed by atoms with Gasteiger partial charge in [0.25, 0.3) is 0 Å². The van der Waals surface area contributed by atoms with Crippen LogP contribution in [0.1, 0.15) is 31.2 Å². The van der Waals surface area contributed by atoms with E-state index < -0.39 is 5.41 Å². The molecule has 88 valence electrons. The Morgan fingerprint density at radius 1 is 1.35 bits per heavy atom. The topological polar surface area (TPSA) is 40.9 Å². The van der Waals surface area contributed by atoms with Crippen LogP contribution in [0.2, 0.25) is 0 Å². The lowest BCUT2D eigenvalue weighted by Crippen LogP contribution is -2.35. The third-order valence-corrected chi connectivity index (χ3v) is 4.23. The molecule has 0 N–H and O–H groups in total. The van der Waals surface area contributed by atoms with Crippen molar-refractivity contribution in [3.8, 4) is 6.07 Å². The van der Waals surface area contributed by atoms with E-state index in [1.54, 1.807) is 0 Å². The second-order valence-corrected chi connectivity index (χ2v) is 5.45. The number of benzene rings is 1. The number of rotatable bonds is 2. The van der Waals surface area contributed by atoms with E-state index in [2.05, 4.69) is 22.0 Å². The fourth-order valence-corrected chi connectivity index (χ4v) is 2.83. The molecule has 2 rings (SSSR count). The minimum absolute atomic E-state index is 0.113. The highest BCUT2D eigenvalue weighted by Crippen LogP contribution is 2.37. The van der Waals surface area contributed by atoms with Crippen molar-refractivity contribution in [2.24, 2.45) is 5.41 Å². The van der Waals surface area contributed by atoms with Crippen LogP contribution in [0, 0.1) is 16.7 Å². The van der Waals surface area contributed by atoms with Crippen molar-refractivity contribution in [3.63, 3.8) is 0 Å². The first-order chi connectivity index (χ1) is 8.18. The first-order valence-electron chi connectivity index (χ1n) is 5.86. The predicted octanol–water partition coefficient (Wildman–Crippen LogP) is 3.64. The maximum Gasteiger partial charge on any atom is 0.153 e. The molecule has 0 spiro atoms. The summed E-state index contributed by atoms with van der Waals surface area (Å²) in [5, 5.41) is 9.38. The summed E-state index contributed by atoms with van der Waals surface area (Å²) in [6.45, 7) is 0. The van der Waals surface area contributed by atoms with Crippen molar-refractivity contribution in [2.45, 2.75) is 32.1 Å². The van der Waals surface area contributed by atoms with Crippen LogP contribution in [0.5, 0.6) is 0 Å².